The monoisotopic (exact) mass is 426 g/mol. The summed E-state index contributed by atoms with van der Waals surface area (Å²) in [5, 5.41) is 2.91. The van der Waals surface area contributed by atoms with Gasteiger partial charge in [-0.2, -0.15) is 0 Å². The fourth-order valence-electron chi connectivity index (χ4n) is 3.86. The summed E-state index contributed by atoms with van der Waals surface area (Å²) in [7, 11) is 1.77. The predicted molar refractivity (Wildman–Crippen MR) is 110 cm³/mol. The molecular weight excluding hydrogens is 401 g/mol. The van der Waals surface area contributed by atoms with Gasteiger partial charge in [0, 0.05) is 0 Å². The van der Waals surface area contributed by atoms with Gasteiger partial charge in [0.1, 0.15) is 0 Å². The molecule has 0 N–H and O–H groups in total. The van der Waals surface area contributed by atoms with E-state index in [-0.39, 0.29) is 20.7 Å². The molecule has 0 amide bonds. The van der Waals surface area contributed by atoms with Crippen LogP contribution in [0.3, 0.4) is 0 Å². The average Bonchev–Trinajstić information content (AvgIpc) is 3.34. The summed E-state index contributed by atoms with van der Waals surface area (Å²) < 4.78 is 5.39. The van der Waals surface area contributed by atoms with E-state index in [0.717, 1.165) is 24.1 Å². The Morgan fingerprint density at radius 1 is 1.19 bits per heavy atom. The van der Waals surface area contributed by atoms with Gasteiger partial charge in [-0.1, -0.05) is 0 Å². The average molecular weight is 425 g/mol. The van der Waals surface area contributed by atoms with Crippen LogP contribution in [0.25, 0.3) is 10.8 Å². The predicted octanol–water partition coefficient (Wildman–Crippen LogP) is 3.95. The van der Waals surface area contributed by atoms with Crippen LogP contribution in [0.4, 0.5) is 0 Å². The van der Waals surface area contributed by atoms with Crippen molar-refractivity contribution in [2.45, 2.75) is 24.2 Å². The number of hydrogen-bond donors (Lipinski definition) is 0. The van der Waals surface area contributed by atoms with E-state index in [1.165, 1.54) is 29.1 Å². The molecule has 2 aliphatic rings. The van der Waals surface area contributed by atoms with Crippen LogP contribution in [0.2, 0.25) is 5.32 Å². The van der Waals surface area contributed by atoms with Crippen LogP contribution in [0.5, 0.6) is 0 Å². The molecule has 0 spiro atoms. The summed E-state index contributed by atoms with van der Waals surface area (Å²) >= 11 is 0.141. The van der Waals surface area contributed by atoms with Gasteiger partial charge < -0.3 is 0 Å². The second-order valence-corrected chi connectivity index (χ2v) is 9.13. The molecule has 0 bridgehead atoms. The number of rotatable bonds is 7. The normalized spacial score (nSPS) is 22.0. The Labute approximate surface area is 168 Å². The molecule has 1 saturated heterocycles. The van der Waals surface area contributed by atoms with E-state index in [0.29, 0.717) is 11.4 Å². The first-order chi connectivity index (χ1) is 13.3. The number of fused-ring (bicyclic) bond motifs is 1. The number of carbonyl (C=O) groups excluding carboxylic acids is 1. The molecule has 2 aromatic rings. The molecule has 27 heavy (non-hydrogen) atoms. The van der Waals surface area contributed by atoms with Gasteiger partial charge in [0.15, 0.2) is 0 Å². The third-order valence-corrected chi connectivity index (χ3v) is 7.46. The van der Waals surface area contributed by atoms with Gasteiger partial charge in [0.25, 0.3) is 0 Å². The van der Waals surface area contributed by atoms with E-state index in [9.17, 15) is 4.79 Å². The Balaban J connectivity index is 1.38. The van der Waals surface area contributed by atoms with Crippen LogP contribution in [0.1, 0.15) is 23.2 Å². The molecule has 1 atom stereocenters. The van der Waals surface area contributed by atoms with E-state index < -0.39 is 0 Å². The molecule has 4 heteroatoms. The Morgan fingerprint density at radius 2 is 2.04 bits per heavy atom. The zero-order chi connectivity index (χ0) is 18.6. The summed E-state index contributed by atoms with van der Waals surface area (Å²) in [5.41, 5.74) is 0.821. The van der Waals surface area contributed by atoms with Gasteiger partial charge >= 0.3 is 169 Å². The van der Waals surface area contributed by atoms with Crippen molar-refractivity contribution in [2.24, 2.45) is 0 Å². The number of likely N-dealkylation sites (tertiary alicyclic amines) is 1. The SMILES string of the molecule is COC[C@@H]1CCCN1[C]1[CH][CH][CH][C]1[Se]CC(=O)c1ccc2ccccc2c1. The number of ketones is 1. The van der Waals surface area contributed by atoms with Crippen molar-refractivity contribution in [3.63, 3.8) is 0 Å². The number of benzene rings is 2. The zero-order valence-electron chi connectivity index (χ0n) is 15.6. The van der Waals surface area contributed by atoms with Crippen molar-refractivity contribution in [3.8, 4) is 0 Å². The Morgan fingerprint density at radius 3 is 2.89 bits per heavy atom. The standard InChI is InChI=1S/C23H24NO2Se/c1-26-15-20-8-5-13-24(20)21-9-4-10-23(21)27-16-22(25)19-12-11-17-6-2-3-7-18(17)14-19/h2-4,6-7,9-12,14,20H,5,8,13,15-16H2,1H3/t20-/m0/s1. The van der Waals surface area contributed by atoms with Gasteiger partial charge in [0.2, 0.25) is 0 Å². The van der Waals surface area contributed by atoms with Crippen molar-refractivity contribution in [2.75, 3.05) is 20.3 Å². The number of methoxy groups -OCH3 is 1. The molecule has 0 aromatic heterocycles. The third-order valence-electron chi connectivity index (χ3n) is 5.23. The second kappa shape index (κ2) is 8.87. The van der Waals surface area contributed by atoms with Crippen molar-refractivity contribution in [1.29, 1.82) is 0 Å². The maximum absolute atomic E-state index is 12.8. The van der Waals surface area contributed by atoms with E-state index in [4.69, 9.17) is 4.74 Å². The van der Waals surface area contributed by atoms with Crippen molar-refractivity contribution < 1.29 is 9.53 Å². The van der Waals surface area contributed by atoms with Gasteiger partial charge in [-0.3, -0.25) is 0 Å². The molecule has 1 saturated carbocycles. The molecule has 2 aromatic carbocycles. The fourth-order valence-corrected chi connectivity index (χ4v) is 5.88. The summed E-state index contributed by atoms with van der Waals surface area (Å²) in [6.45, 7) is 1.85. The molecule has 2 fully saturated rings. The van der Waals surface area contributed by atoms with Crippen LogP contribution in [0.15, 0.2) is 42.5 Å². The first-order valence-electron chi connectivity index (χ1n) is 9.42. The van der Waals surface area contributed by atoms with Crippen molar-refractivity contribution in [3.05, 3.63) is 78.1 Å². The van der Waals surface area contributed by atoms with Crippen LogP contribution in [-0.2, 0) is 4.74 Å². The van der Waals surface area contributed by atoms with Crippen molar-refractivity contribution >= 4 is 31.5 Å². The Kier molecular flexibility index (Phi) is 6.29. The van der Waals surface area contributed by atoms with Gasteiger partial charge in [-0.25, -0.2) is 0 Å². The number of nitrogens with zero attached hydrogens (tertiary/aromatic N) is 1. The molecule has 139 valence electrons. The topological polar surface area (TPSA) is 29.5 Å². The molecule has 5 radical (unpaired) electrons. The second-order valence-electron chi connectivity index (χ2n) is 6.99. The van der Waals surface area contributed by atoms with Crippen LogP contribution in [-0.4, -0.2) is 51.9 Å². The Bertz CT molecular complexity index is 793. The molecular formula is C23H24NO2Se. The fraction of sp³-hybridized carbons (Fsp3) is 0.304. The first kappa shape index (κ1) is 19.1. The number of hydrogen-bond acceptors (Lipinski definition) is 3. The maximum atomic E-state index is 12.8. The Hall–Kier alpha value is -1.19. The van der Waals surface area contributed by atoms with E-state index in [1.54, 1.807) is 7.11 Å². The molecule has 4 rings (SSSR count). The summed E-state index contributed by atoms with van der Waals surface area (Å²) in [6.07, 6.45) is 8.90. The summed E-state index contributed by atoms with van der Waals surface area (Å²) in [5.74, 6) is 0.239. The quantitative estimate of drug-likeness (QED) is 0.497. The van der Waals surface area contributed by atoms with Gasteiger partial charge in [-0.05, 0) is 0 Å². The van der Waals surface area contributed by atoms with Crippen LogP contribution in [0, 0.1) is 30.1 Å². The number of ether oxygens (including phenoxy) is 1. The van der Waals surface area contributed by atoms with Gasteiger partial charge in [0.05, 0.1) is 0 Å². The summed E-state index contributed by atoms with van der Waals surface area (Å²) in [4.78, 5) is 16.6. The number of carbonyl (C=O) groups is 1. The van der Waals surface area contributed by atoms with Crippen molar-refractivity contribution in [1.82, 2.24) is 4.90 Å². The van der Waals surface area contributed by atoms with Crippen LogP contribution < -0.4 is 0 Å². The molecule has 1 aliphatic carbocycles. The van der Waals surface area contributed by atoms with E-state index in [1.807, 2.05) is 30.3 Å². The number of Topliss-reactive ketones (excluding diaryl/α,β-unsaturated/α-hetero) is 1. The molecule has 1 heterocycles. The van der Waals surface area contributed by atoms with Crippen LogP contribution >= 0.6 is 0 Å². The molecule has 1 aliphatic heterocycles. The van der Waals surface area contributed by atoms with Gasteiger partial charge in [-0.15, -0.1) is 0 Å². The zero-order valence-corrected chi connectivity index (χ0v) is 17.3. The van der Waals surface area contributed by atoms with E-state index >= 15 is 0 Å². The van der Waals surface area contributed by atoms with E-state index in [2.05, 4.69) is 36.3 Å². The molecule has 3 nitrogen and oxygen atoms in total. The third kappa shape index (κ3) is 4.30. The summed E-state index contributed by atoms with van der Waals surface area (Å²) in [6, 6.07) is 16.0. The first-order valence-corrected chi connectivity index (χ1v) is 11.5. The molecule has 0 unspecified atom stereocenters. The minimum absolute atomic E-state index is 0.141. The minimum atomic E-state index is 0.141.